The summed E-state index contributed by atoms with van der Waals surface area (Å²) in [4.78, 5) is 43.2. The number of carbonyl (C=O) groups is 3. The Morgan fingerprint density at radius 2 is 1.92 bits per heavy atom. The van der Waals surface area contributed by atoms with Crippen LogP contribution in [0.2, 0.25) is 0 Å². The molecule has 0 saturated carbocycles. The lowest BCUT2D eigenvalue weighted by Crippen LogP contribution is -2.57. The minimum atomic E-state index is -1.19. The number of esters is 1. The summed E-state index contributed by atoms with van der Waals surface area (Å²) in [5.41, 5.74) is -1.51. The number of aliphatic hydroxyl groups excluding tert-OH is 1. The van der Waals surface area contributed by atoms with Crippen molar-refractivity contribution in [2.45, 2.75) is 70.7 Å². The highest BCUT2D eigenvalue weighted by atomic mass is 16.6. The summed E-state index contributed by atoms with van der Waals surface area (Å²) < 4.78 is 12.1. The van der Waals surface area contributed by atoms with E-state index < -0.39 is 41.1 Å². The molecule has 2 aromatic carbocycles. The van der Waals surface area contributed by atoms with Gasteiger partial charge in [-0.1, -0.05) is 57.5 Å². The molecule has 0 aromatic heterocycles. The molecule has 3 unspecified atom stereocenters. The van der Waals surface area contributed by atoms with E-state index in [-0.39, 0.29) is 36.9 Å². The predicted molar refractivity (Wildman–Crippen MR) is 143 cm³/mol. The Labute approximate surface area is 223 Å². The van der Waals surface area contributed by atoms with E-state index in [0.29, 0.717) is 18.5 Å². The largest absolute Gasteiger partial charge is 0.466 e. The van der Waals surface area contributed by atoms with Crippen molar-refractivity contribution < 1.29 is 29.0 Å². The average Bonchev–Trinajstić information content (AvgIpc) is 3.41. The molecular formula is C30H38N2O6. The van der Waals surface area contributed by atoms with E-state index >= 15 is 0 Å². The molecule has 2 aromatic rings. The molecule has 3 heterocycles. The van der Waals surface area contributed by atoms with Crippen LogP contribution in [0.3, 0.4) is 0 Å². The third-order valence-corrected chi connectivity index (χ3v) is 9.40. The first-order valence-corrected chi connectivity index (χ1v) is 13.7. The van der Waals surface area contributed by atoms with Crippen LogP contribution in [0, 0.1) is 23.7 Å². The zero-order valence-electron chi connectivity index (χ0n) is 22.8. The lowest BCUT2D eigenvalue weighted by Gasteiger charge is -2.39. The summed E-state index contributed by atoms with van der Waals surface area (Å²) in [6.45, 7) is 9.45. The van der Waals surface area contributed by atoms with E-state index in [2.05, 4.69) is 5.32 Å². The van der Waals surface area contributed by atoms with Gasteiger partial charge in [-0.15, -0.1) is 0 Å². The Balaban J connectivity index is 1.59. The third-order valence-electron chi connectivity index (χ3n) is 9.40. The summed E-state index contributed by atoms with van der Waals surface area (Å²) >= 11 is 0. The van der Waals surface area contributed by atoms with Crippen molar-refractivity contribution in [3.63, 3.8) is 0 Å². The number of likely N-dealkylation sites (tertiary alicyclic amines) is 1. The van der Waals surface area contributed by atoms with E-state index in [9.17, 15) is 19.5 Å². The fourth-order valence-electron chi connectivity index (χ4n) is 7.22. The lowest BCUT2D eigenvalue weighted by atomic mass is 9.62. The second-order valence-electron chi connectivity index (χ2n) is 11.4. The molecule has 204 valence electrons. The number of nitrogens with one attached hydrogen (secondary N) is 1. The van der Waals surface area contributed by atoms with Gasteiger partial charge >= 0.3 is 5.97 Å². The Morgan fingerprint density at radius 3 is 2.58 bits per heavy atom. The van der Waals surface area contributed by atoms with Crippen molar-refractivity contribution in [1.82, 2.24) is 4.90 Å². The lowest BCUT2D eigenvalue weighted by molar-refractivity contribution is -0.162. The minimum Gasteiger partial charge on any atom is -0.466 e. The van der Waals surface area contributed by atoms with Gasteiger partial charge in [0.15, 0.2) is 0 Å². The highest BCUT2D eigenvalue weighted by molar-refractivity contribution is 6.04. The number of rotatable bonds is 8. The first kappa shape index (κ1) is 26.6. The second-order valence-corrected chi connectivity index (χ2v) is 11.4. The van der Waals surface area contributed by atoms with Crippen molar-refractivity contribution in [3.05, 3.63) is 42.5 Å². The fourth-order valence-corrected chi connectivity index (χ4v) is 7.22. The molecule has 3 aliphatic heterocycles. The molecule has 8 atom stereocenters. The third kappa shape index (κ3) is 3.75. The quantitative estimate of drug-likeness (QED) is 0.512. The molecule has 3 saturated heterocycles. The molecule has 1 spiro atoms. The van der Waals surface area contributed by atoms with Gasteiger partial charge < -0.3 is 24.8 Å². The number of carbonyl (C=O) groups excluding carboxylic acids is 3. The van der Waals surface area contributed by atoms with Crippen LogP contribution in [0.5, 0.6) is 0 Å². The second kappa shape index (κ2) is 9.65. The summed E-state index contributed by atoms with van der Waals surface area (Å²) in [6, 6.07) is 12.0. The number of benzene rings is 2. The Hall–Kier alpha value is -2.97. The van der Waals surface area contributed by atoms with Gasteiger partial charge in [0.2, 0.25) is 11.8 Å². The highest BCUT2D eigenvalue weighted by Crippen LogP contribution is 2.65. The van der Waals surface area contributed by atoms with Gasteiger partial charge in [-0.05, 0) is 55.0 Å². The zero-order valence-corrected chi connectivity index (χ0v) is 22.8. The van der Waals surface area contributed by atoms with E-state index in [1.807, 2.05) is 70.2 Å². The molecule has 5 rings (SSSR count). The van der Waals surface area contributed by atoms with Gasteiger partial charge in [-0.3, -0.25) is 14.4 Å². The van der Waals surface area contributed by atoms with Gasteiger partial charge in [0, 0.05) is 5.69 Å². The van der Waals surface area contributed by atoms with Gasteiger partial charge in [-0.25, -0.2) is 0 Å². The Kier molecular flexibility index (Phi) is 6.76. The van der Waals surface area contributed by atoms with Crippen LogP contribution in [0.25, 0.3) is 10.8 Å². The first-order chi connectivity index (χ1) is 18.1. The summed E-state index contributed by atoms with van der Waals surface area (Å²) in [5.74, 6) is -2.99. The molecule has 0 radical (unpaired) electrons. The SMILES string of the molecule is CCOC(=O)[C@@H]1[C@H]2C(=O)N([C@@H](CO)[C@@H](C)CC)C(C(=O)Nc3ccc4ccccc4c3)C23CC(C)[C@@]1(C)O3. The first-order valence-electron chi connectivity index (χ1n) is 13.7. The van der Waals surface area contributed by atoms with Crippen LogP contribution in [0.4, 0.5) is 5.69 Å². The maximum Gasteiger partial charge on any atom is 0.312 e. The molecule has 2 amide bonds. The monoisotopic (exact) mass is 522 g/mol. The maximum absolute atomic E-state index is 14.2. The van der Waals surface area contributed by atoms with E-state index in [1.165, 1.54) is 4.90 Å². The molecule has 0 aliphatic carbocycles. The smallest absolute Gasteiger partial charge is 0.312 e. The number of hydrogen-bond acceptors (Lipinski definition) is 6. The molecule has 3 fully saturated rings. The van der Waals surface area contributed by atoms with Crippen molar-refractivity contribution in [2.75, 3.05) is 18.5 Å². The molecule has 2 N–H and O–H groups in total. The van der Waals surface area contributed by atoms with Gasteiger partial charge in [-0.2, -0.15) is 0 Å². The van der Waals surface area contributed by atoms with Gasteiger partial charge in [0.1, 0.15) is 17.6 Å². The number of aliphatic hydroxyl groups is 1. The van der Waals surface area contributed by atoms with E-state index in [1.54, 1.807) is 6.92 Å². The zero-order chi connectivity index (χ0) is 27.4. The number of ether oxygens (including phenoxy) is 2. The highest BCUT2D eigenvalue weighted by Gasteiger charge is 2.80. The molecule has 38 heavy (non-hydrogen) atoms. The predicted octanol–water partition coefficient (Wildman–Crippen LogP) is 3.76. The van der Waals surface area contributed by atoms with Gasteiger partial charge in [0.25, 0.3) is 0 Å². The Bertz CT molecular complexity index is 1260. The number of anilines is 1. The normalized spacial score (nSPS) is 33.3. The molecule has 2 bridgehead atoms. The van der Waals surface area contributed by atoms with Crippen molar-refractivity contribution in [1.29, 1.82) is 0 Å². The Morgan fingerprint density at radius 1 is 1.21 bits per heavy atom. The van der Waals surface area contributed by atoms with Crippen LogP contribution in [-0.2, 0) is 23.9 Å². The number of nitrogens with zero attached hydrogens (tertiary/aromatic N) is 1. The maximum atomic E-state index is 14.2. The van der Waals surface area contributed by atoms with Crippen LogP contribution in [-0.4, -0.2) is 64.3 Å². The topological polar surface area (TPSA) is 105 Å². The molecular weight excluding hydrogens is 484 g/mol. The average molecular weight is 523 g/mol. The summed E-state index contributed by atoms with van der Waals surface area (Å²) in [7, 11) is 0. The minimum absolute atomic E-state index is 0.0681. The van der Waals surface area contributed by atoms with E-state index in [4.69, 9.17) is 9.47 Å². The molecule has 8 nitrogen and oxygen atoms in total. The molecule has 8 heteroatoms. The van der Waals surface area contributed by atoms with Gasteiger partial charge in [0.05, 0.1) is 30.8 Å². The van der Waals surface area contributed by atoms with Crippen molar-refractivity contribution in [3.8, 4) is 0 Å². The number of amides is 2. The van der Waals surface area contributed by atoms with E-state index in [0.717, 1.165) is 10.8 Å². The van der Waals surface area contributed by atoms with Crippen LogP contribution in [0.15, 0.2) is 42.5 Å². The fraction of sp³-hybridized carbons (Fsp3) is 0.567. The number of fused-ring (bicyclic) bond motifs is 2. The van der Waals surface area contributed by atoms with Crippen molar-refractivity contribution in [2.24, 2.45) is 23.7 Å². The summed E-state index contributed by atoms with van der Waals surface area (Å²) in [6.07, 6.45) is 1.17. The van der Waals surface area contributed by atoms with Crippen LogP contribution >= 0.6 is 0 Å². The van der Waals surface area contributed by atoms with Crippen LogP contribution in [0.1, 0.15) is 47.5 Å². The molecule has 3 aliphatic rings. The van der Waals surface area contributed by atoms with Crippen molar-refractivity contribution >= 4 is 34.2 Å². The number of hydrogen-bond donors (Lipinski definition) is 2. The summed E-state index contributed by atoms with van der Waals surface area (Å²) in [5, 5.41) is 15.5. The standard InChI is InChI=1S/C30H38N2O6/c1-6-17(3)22(16-33)32-25(26(34)31-21-13-12-19-10-8-9-11-20(19)14-21)30-15-18(4)29(5,38-30)24(23(30)27(32)35)28(36)37-7-2/h8-14,17-18,22-25,33H,6-7,15-16H2,1-5H3,(H,31,34)/t17-,18?,22-,23-,24-,25?,29+,30?/m0/s1. The van der Waals surface area contributed by atoms with Crippen LogP contribution < -0.4 is 5.32 Å².